The van der Waals surface area contributed by atoms with Gasteiger partial charge in [-0.25, -0.2) is 28.5 Å². The minimum absolute atomic E-state index is 0.0115. The van der Waals surface area contributed by atoms with E-state index in [4.69, 9.17) is 23.2 Å². The number of nitrogens with one attached hydrogen (secondary N) is 1. The molecule has 34 heavy (non-hydrogen) atoms. The molecule has 1 fully saturated rings. The van der Waals surface area contributed by atoms with Crippen molar-refractivity contribution in [1.82, 2.24) is 19.5 Å². The zero-order chi connectivity index (χ0) is 24.8. The molecule has 4 heterocycles. The summed E-state index contributed by atoms with van der Waals surface area (Å²) in [5.41, 5.74) is 0.168. The summed E-state index contributed by atoms with van der Waals surface area (Å²) in [6.07, 6.45) is -0.682. The van der Waals surface area contributed by atoms with Gasteiger partial charge in [0.05, 0.1) is 11.7 Å². The predicted octanol–water partition coefficient (Wildman–Crippen LogP) is 4.14. The minimum atomic E-state index is -2.75. The highest BCUT2D eigenvalue weighted by atomic mass is 35.5. The number of rotatable bonds is 5. The number of pyridine rings is 2. The summed E-state index contributed by atoms with van der Waals surface area (Å²) >= 11 is 12.0. The van der Waals surface area contributed by atoms with Crippen LogP contribution in [-0.4, -0.2) is 49.6 Å². The van der Waals surface area contributed by atoms with Gasteiger partial charge in [-0.1, -0.05) is 23.2 Å². The molecular formula is C21H20Cl2F2N6O3. The van der Waals surface area contributed by atoms with Gasteiger partial charge in [0.25, 0.3) is 11.5 Å². The first kappa shape index (κ1) is 24.1. The van der Waals surface area contributed by atoms with E-state index in [-0.39, 0.29) is 64.6 Å². The van der Waals surface area contributed by atoms with Gasteiger partial charge in [-0.3, -0.25) is 9.36 Å². The summed E-state index contributed by atoms with van der Waals surface area (Å²) in [5.74, 6) is -3.78. The van der Waals surface area contributed by atoms with Gasteiger partial charge >= 0.3 is 5.97 Å². The highest BCUT2D eigenvalue weighted by Gasteiger charge is 2.35. The summed E-state index contributed by atoms with van der Waals surface area (Å²) in [5, 5.41) is 12.6. The van der Waals surface area contributed by atoms with Crippen molar-refractivity contribution in [2.75, 3.05) is 23.3 Å². The molecule has 0 aliphatic carbocycles. The molecule has 1 atom stereocenters. The minimum Gasteiger partial charge on any atom is -0.476 e. The van der Waals surface area contributed by atoms with Crippen LogP contribution in [0.2, 0.25) is 10.3 Å². The Morgan fingerprint density at radius 1 is 1.15 bits per heavy atom. The fourth-order valence-electron chi connectivity index (χ4n) is 3.89. The van der Waals surface area contributed by atoms with Crippen molar-refractivity contribution in [3.8, 4) is 0 Å². The molecule has 3 aromatic rings. The zero-order valence-corrected chi connectivity index (χ0v) is 19.7. The Hall–Kier alpha value is -3.05. The number of alkyl halides is 2. The van der Waals surface area contributed by atoms with Gasteiger partial charge < -0.3 is 15.3 Å². The van der Waals surface area contributed by atoms with Gasteiger partial charge in [0.2, 0.25) is 5.95 Å². The molecule has 2 N–H and O–H groups in total. The van der Waals surface area contributed by atoms with Crippen molar-refractivity contribution in [2.45, 2.75) is 31.7 Å². The Bertz CT molecular complexity index is 1340. The maximum atomic E-state index is 13.7. The Kier molecular flexibility index (Phi) is 6.34. The number of aromatic nitrogens is 4. The standard InChI is InChI=1S/C21H20Cl2F2N6O3/c1-10(26-12-3-4-13(22)27-16(12)19(33)34)11-9-14(23)28-17-15(11)29-20(30(2)18(17)32)31-7-5-21(24,25)6-8-31/h3-4,9-10,26H,5-8H2,1-2H3,(H,33,34)/t10-/m1/s1. The van der Waals surface area contributed by atoms with Crippen molar-refractivity contribution in [3.05, 3.63) is 50.1 Å². The van der Waals surface area contributed by atoms with Crippen LogP contribution in [0.15, 0.2) is 23.0 Å². The number of aromatic carboxylic acids is 1. The highest BCUT2D eigenvalue weighted by Crippen LogP contribution is 2.32. The van der Waals surface area contributed by atoms with Crippen LogP contribution in [0.3, 0.4) is 0 Å². The topological polar surface area (TPSA) is 113 Å². The van der Waals surface area contributed by atoms with Crippen LogP contribution >= 0.6 is 23.2 Å². The first-order chi connectivity index (χ1) is 16.0. The van der Waals surface area contributed by atoms with Gasteiger partial charge in [0.15, 0.2) is 11.2 Å². The van der Waals surface area contributed by atoms with E-state index in [9.17, 15) is 23.5 Å². The second-order valence-electron chi connectivity index (χ2n) is 8.05. The molecular weight excluding hydrogens is 493 g/mol. The van der Waals surface area contributed by atoms with Crippen LogP contribution in [-0.2, 0) is 7.05 Å². The third kappa shape index (κ3) is 4.62. The number of carboxylic acid groups (broad SMARTS) is 1. The molecule has 0 spiro atoms. The molecule has 0 aromatic carbocycles. The Morgan fingerprint density at radius 3 is 2.47 bits per heavy atom. The van der Waals surface area contributed by atoms with Crippen LogP contribution in [0.5, 0.6) is 0 Å². The van der Waals surface area contributed by atoms with Crippen molar-refractivity contribution in [1.29, 1.82) is 0 Å². The summed E-state index contributed by atoms with van der Waals surface area (Å²) in [6, 6.07) is 3.86. The van der Waals surface area contributed by atoms with Gasteiger partial charge in [0, 0.05) is 38.5 Å². The number of hydrogen-bond donors (Lipinski definition) is 2. The smallest absolute Gasteiger partial charge is 0.356 e. The van der Waals surface area contributed by atoms with E-state index in [1.54, 1.807) is 11.8 Å². The quantitative estimate of drug-likeness (QED) is 0.490. The molecule has 0 amide bonds. The summed E-state index contributed by atoms with van der Waals surface area (Å²) < 4.78 is 28.6. The number of carboxylic acids is 1. The van der Waals surface area contributed by atoms with Crippen LogP contribution < -0.4 is 15.8 Å². The van der Waals surface area contributed by atoms with E-state index in [0.717, 1.165) is 0 Å². The second kappa shape index (κ2) is 8.95. The molecule has 0 saturated carbocycles. The number of hydrogen-bond acceptors (Lipinski definition) is 7. The molecule has 13 heteroatoms. The molecule has 1 aliphatic rings. The van der Waals surface area contributed by atoms with Crippen molar-refractivity contribution in [3.63, 3.8) is 0 Å². The number of halogens is 4. The van der Waals surface area contributed by atoms with Crippen LogP contribution in [0.1, 0.15) is 41.9 Å². The van der Waals surface area contributed by atoms with Gasteiger partial charge in [0.1, 0.15) is 15.8 Å². The SMILES string of the molecule is C[C@@H](Nc1ccc(Cl)nc1C(=O)O)c1cc(Cl)nc2c(=O)n(C)c(N3CCC(F)(F)CC3)nc12. The maximum absolute atomic E-state index is 13.7. The van der Waals surface area contributed by atoms with E-state index in [2.05, 4.69) is 20.3 Å². The zero-order valence-electron chi connectivity index (χ0n) is 18.1. The molecule has 0 radical (unpaired) electrons. The molecule has 4 rings (SSSR count). The van der Waals surface area contributed by atoms with Gasteiger partial charge in [-0.2, -0.15) is 0 Å². The van der Waals surface area contributed by atoms with Crippen LogP contribution in [0.25, 0.3) is 11.0 Å². The fraction of sp³-hybridized carbons (Fsp3) is 0.381. The summed E-state index contributed by atoms with van der Waals surface area (Å²) in [6.45, 7) is 1.81. The first-order valence-corrected chi connectivity index (χ1v) is 11.1. The predicted molar refractivity (Wildman–Crippen MR) is 124 cm³/mol. The number of carbonyl (C=O) groups is 1. The van der Waals surface area contributed by atoms with E-state index in [0.29, 0.717) is 5.56 Å². The highest BCUT2D eigenvalue weighted by molar-refractivity contribution is 6.30. The third-order valence-corrected chi connectivity index (χ3v) is 6.09. The lowest BCUT2D eigenvalue weighted by molar-refractivity contribution is -0.0223. The molecule has 9 nitrogen and oxygen atoms in total. The van der Waals surface area contributed by atoms with Crippen molar-refractivity contribution < 1.29 is 18.7 Å². The van der Waals surface area contributed by atoms with Crippen LogP contribution in [0.4, 0.5) is 20.4 Å². The van der Waals surface area contributed by atoms with Gasteiger partial charge in [-0.15, -0.1) is 0 Å². The summed E-state index contributed by atoms with van der Waals surface area (Å²) in [4.78, 5) is 38.9. The fourth-order valence-corrected chi connectivity index (χ4v) is 4.24. The average molecular weight is 513 g/mol. The third-order valence-electron chi connectivity index (χ3n) is 5.69. The maximum Gasteiger partial charge on any atom is 0.356 e. The van der Waals surface area contributed by atoms with Crippen molar-refractivity contribution in [2.24, 2.45) is 7.05 Å². The Balaban J connectivity index is 1.79. The first-order valence-electron chi connectivity index (χ1n) is 10.3. The number of piperidine rings is 1. The van der Waals surface area contributed by atoms with E-state index >= 15 is 0 Å². The Labute approximate surface area is 202 Å². The van der Waals surface area contributed by atoms with E-state index in [1.807, 2.05) is 0 Å². The lowest BCUT2D eigenvalue weighted by Crippen LogP contribution is -2.42. The average Bonchev–Trinajstić information content (AvgIpc) is 2.77. The number of nitrogens with zero attached hydrogens (tertiary/aromatic N) is 5. The normalized spacial score (nSPS) is 16.5. The lowest BCUT2D eigenvalue weighted by atomic mass is 10.1. The second-order valence-corrected chi connectivity index (χ2v) is 8.83. The molecule has 180 valence electrons. The summed E-state index contributed by atoms with van der Waals surface area (Å²) in [7, 11) is 1.50. The molecule has 1 saturated heterocycles. The van der Waals surface area contributed by atoms with Crippen molar-refractivity contribution >= 4 is 51.8 Å². The number of fused-ring (bicyclic) bond motifs is 1. The van der Waals surface area contributed by atoms with E-state index in [1.165, 1.54) is 29.8 Å². The van der Waals surface area contributed by atoms with E-state index < -0.39 is 23.5 Å². The largest absolute Gasteiger partial charge is 0.476 e. The monoisotopic (exact) mass is 512 g/mol. The molecule has 3 aromatic heterocycles. The Morgan fingerprint density at radius 2 is 1.82 bits per heavy atom. The molecule has 1 aliphatic heterocycles. The number of anilines is 2. The van der Waals surface area contributed by atoms with Crippen LogP contribution in [0, 0.1) is 0 Å². The lowest BCUT2D eigenvalue weighted by Gasteiger charge is -2.33. The van der Waals surface area contributed by atoms with Gasteiger partial charge in [-0.05, 0) is 25.1 Å². The molecule has 0 unspecified atom stereocenters. The molecule has 0 bridgehead atoms.